The fourth-order valence-electron chi connectivity index (χ4n) is 2.88. The van der Waals surface area contributed by atoms with Crippen LogP contribution in [0, 0.1) is 0 Å². The molecule has 0 radical (unpaired) electrons. The number of anilines is 1. The average molecular weight is 228 g/mol. The zero-order valence-corrected chi connectivity index (χ0v) is 10.3. The van der Waals surface area contributed by atoms with Crippen LogP contribution in [0.15, 0.2) is 24.4 Å². The van der Waals surface area contributed by atoms with E-state index >= 15 is 0 Å². The van der Waals surface area contributed by atoms with Gasteiger partial charge in [-0.05, 0) is 37.6 Å². The minimum Gasteiger partial charge on any atom is -0.381 e. The van der Waals surface area contributed by atoms with Crippen LogP contribution in [-0.4, -0.2) is 16.4 Å². The van der Waals surface area contributed by atoms with E-state index < -0.39 is 0 Å². The number of ketones is 1. The average Bonchev–Trinajstić information content (AvgIpc) is 2.76. The second-order valence-electron chi connectivity index (χ2n) is 4.95. The molecule has 1 aromatic heterocycles. The maximum Gasteiger partial charge on any atom is 0.139 e. The van der Waals surface area contributed by atoms with Crippen LogP contribution in [0.2, 0.25) is 0 Å². The molecule has 1 aromatic carbocycles. The van der Waals surface area contributed by atoms with Gasteiger partial charge in [-0.3, -0.25) is 4.79 Å². The Balaban J connectivity index is 2.25. The topological polar surface area (TPSA) is 34.0 Å². The van der Waals surface area contributed by atoms with Gasteiger partial charge in [0.1, 0.15) is 5.78 Å². The van der Waals surface area contributed by atoms with Gasteiger partial charge in [-0.15, -0.1) is 0 Å². The lowest BCUT2D eigenvalue weighted by Gasteiger charge is -2.12. The van der Waals surface area contributed by atoms with Crippen molar-refractivity contribution in [2.75, 3.05) is 5.32 Å². The summed E-state index contributed by atoms with van der Waals surface area (Å²) in [5.41, 5.74) is 3.43. The van der Waals surface area contributed by atoms with Crippen LogP contribution >= 0.6 is 0 Å². The molecule has 1 aliphatic heterocycles. The van der Waals surface area contributed by atoms with Crippen LogP contribution in [0.25, 0.3) is 10.9 Å². The molecular formula is C14H16N2O. The van der Waals surface area contributed by atoms with E-state index in [1.54, 1.807) is 6.92 Å². The number of nitrogens with zero attached hydrogens (tertiary/aromatic N) is 1. The zero-order valence-electron chi connectivity index (χ0n) is 10.3. The van der Waals surface area contributed by atoms with Gasteiger partial charge >= 0.3 is 0 Å². The van der Waals surface area contributed by atoms with Crippen molar-refractivity contribution in [3.8, 4) is 0 Å². The Labute approximate surface area is 100 Å². The number of aromatic nitrogens is 1. The monoisotopic (exact) mass is 228 g/mol. The maximum atomic E-state index is 11.7. The molecule has 0 fully saturated rings. The van der Waals surface area contributed by atoms with Gasteiger partial charge < -0.3 is 9.88 Å². The Morgan fingerprint density at radius 2 is 2.18 bits per heavy atom. The van der Waals surface area contributed by atoms with Gasteiger partial charge in [0, 0.05) is 35.9 Å². The van der Waals surface area contributed by atoms with Crippen molar-refractivity contribution in [3.63, 3.8) is 0 Å². The summed E-state index contributed by atoms with van der Waals surface area (Å²) in [4.78, 5) is 11.7. The predicted octanol–water partition coefficient (Wildman–Crippen LogP) is 2.66. The number of benzene rings is 1. The maximum absolute atomic E-state index is 11.7. The summed E-state index contributed by atoms with van der Waals surface area (Å²) in [6.07, 6.45) is 2.05. The van der Waals surface area contributed by atoms with E-state index in [-0.39, 0.29) is 17.7 Å². The van der Waals surface area contributed by atoms with Crippen molar-refractivity contribution in [3.05, 3.63) is 30.0 Å². The summed E-state index contributed by atoms with van der Waals surface area (Å²) in [7, 11) is 2.03. The largest absolute Gasteiger partial charge is 0.381 e. The molecule has 3 rings (SSSR count). The number of aryl methyl sites for hydroxylation is 1. The Bertz CT molecular complexity index is 612. The molecule has 1 N–H and O–H groups in total. The molecule has 0 saturated heterocycles. The standard InChI is InChI=1S/C14H16N2O/c1-8-14(9(2)17)11-7-13-10(4-5-16(13)3)6-12(11)15-8/h4-8,14-15H,1-3H3. The summed E-state index contributed by atoms with van der Waals surface area (Å²) >= 11 is 0. The Morgan fingerprint density at radius 1 is 1.41 bits per heavy atom. The number of hydrogen-bond donors (Lipinski definition) is 1. The van der Waals surface area contributed by atoms with Gasteiger partial charge in [0.2, 0.25) is 0 Å². The van der Waals surface area contributed by atoms with Gasteiger partial charge in [0.05, 0.1) is 5.92 Å². The molecule has 0 bridgehead atoms. The van der Waals surface area contributed by atoms with Crippen LogP contribution in [-0.2, 0) is 11.8 Å². The summed E-state index contributed by atoms with van der Waals surface area (Å²) in [6.45, 7) is 3.74. The lowest BCUT2D eigenvalue weighted by atomic mass is 9.92. The highest BCUT2D eigenvalue weighted by atomic mass is 16.1. The summed E-state index contributed by atoms with van der Waals surface area (Å²) in [6, 6.07) is 6.58. The minimum absolute atomic E-state index is 0.00991. The molecule has 0 amide bonds. The van der Waals surface area contributed by atoms with Crippen molar-refractivity contribution >= 4 is 22.4 Å². The van der Waals surface area contributed by atoms with E-state index in [0.717, 1.165) is 11.3 Å². The highest BCUT2D eigenvalue weighted by Crippen LogP contribution is 2.39. The fourth-order valence-corrected chi connectivity index (χ4v) is 2.88. The molecule has 2 unspecified atom stereocenters. The van der Waals surface area contributed by atoms with E-state index in [1.807, 2.05) is 13.2 Å². The van der Waals surface area contributed by atoms with E-state index in [0.29, 0.717) is 0 Å². The van der Waals surface area contributed by atoms with Crippen molar-refractivity contribution in [2.45, 2.75) is 25.8 Å². The van der Waals surface area contributed by atoms with Crippen LogP contribution in [0.3, 0.4) is 0 Å². The molecule has 2 atom stereocenters. The number of carbonyl (C=O) groups is 1. The predicted molar refractivity (Wildman–Crippen MR) is 69.4 cm³/mol. The summed E-state index contributed by atoms with van der Waals surface area (Å²) in [5.74, 6) is 0.224. The lowest BCUT2D eigenvalue weighted by molar-refractivity contribution is -0.118. The second kappa shape index (κ2) is 3.36. The molecule has 2 heterocycles. The number of hydrogen-bond acceptors (Lipinski definition) is 2. The van der Waals surface area contributed by atoms with Gasteiger partial charge in [0.25, 0.3) is 0 Å². The summed E-state index contributed by atoms with van der Waals surface area (Å²) < 4.78 is 2.09. The van der Waals surface area contributed by atoms with Crippen LogP contribution in [0.1, 0.15) is 25.3 Å². The van der Waals surface area contributed by atoms with Gasteiger partial charge in [-0.1, -0.05) is 0 Å². The number of nitrogens with one attached hydrogen (secondary N) is 1. The lowest BCUT2D eigenvalue weighted by Crippen LogP contribution is -2.21. The van der Waals surface area contributed by atoms with Gasteiger partial charge in [0.15, 0.2) is 0 Å². The first-order chi connectivity index (χ1) is 8.08. The van der Waals surface area contributed by atoms with E-state index in [2.05, 4.69) is 35.0 Å². The van der Waals surface area contributed by atoms with Crippen molar-refractivity contribution in [1.29, 1.82) is 0 Å². The SMILES string of the molecule is CC(=O)C1c2cc3c(ccn3C)cc2NC1C. The molecule has 0 saturated carbocycles. The first kappa shape index (κ1) is 10.4. The molecule has 2 aromatic rings. The third-order valence-electron chi connectivity index (χ3n) is 3.71. The van der Waals surface area contributed by atoms with E-state index in [4.69, 9.17) is 0 Å². The number of rotatable bonds is 1. The molecular weight excluding hydrogens is 212 g/mol. The number of carbonyl (C=O) groups excluding carboxylic acids is 1. The zero-order chi connectivity index (χ0) is 12.2. The fraction of sp³-hybridized carbons (Fsp3) is 0.357. The van der Waals surface area contributed by atoms with Crippen molar-refractivity contribution < 1.29 is 4.79 Å². The minimum atomic E-state index is -0.00991. The normalized spacial score (nSPS) is 22.5. The highest BCUT2D eigenvalue weighted by molar-refractivity contribution is 5.94. The second-order valence-corrected chi connectivity index (χ2v) is 4.95. The molecule has 0 spiro atoms. The van der Waals surface area contributed by atoms with Gasteiger partial charge in [-0.25, -0.2) is 0 Å². The highest BCUT2D eigenvalue weighted by Gasteiger charge is 2.32. The molecule has 3 nitrogen and oxygen atoms in total. The number of fused-ring (bicyclic) bond motifs is 2. The van der Waals surface area contributed by atoms with Gasteiger partial charge in [-0.2, -0.15) is 0 Å². The molecule has 3 heteroatoms. The van der Waals surface area contributed by atoms with E-state index in [1.165, 1.54) is 10.9 Å². The Hall–Kier alpha value is -1.77. The van der Waals surface area contributed by atoms with Crippen LogP contribution in [0.5, 0.6) is 0 Å². The molecule has 1 aliphatic rings. The van der Waals surface area contributed by atoms with E-state index in [9.17, 15) is 4.79 Å². The molecule has 88 valence electrons. The molecule has 0 aliphatic carbocycles. The van der Waals surface area contributed by atoms with Crippen LogP contribution < -0.4 is 5.32 Å². The van der Waals surface area contributed by atoms with Crippen LogP contribution in [0.4, 0.5) is 5.69 Å². The van der Waals surface area contributed by atoms with Crippen molar-refractivity contribution in [1.82, 2.24) is 4.57 Å². The number of Topliss-reactive ketones (excluding diaryl/α,β-unsaturated/α-hetero) is 1. The first-order valence-corrected chi connectivity index (χ1v) is 5.94. The smallest absolute Gasteiger partial charge is 0.139 e. The van der Waals surface area contributed by atoms with Crippen molar-refractivity contribution in [2.24, 2.45) is 7.05 Å². The first-order valence-electron chi connectivity index (χ1n) is 5.94. The summed E-state index contributed by atoms with van der Waals surface area (Å²) in [5, 5.41) is 4.62. The third kappa shape index (κ3) is 1.38. The Morgan fingerprint density at radius 3 is 2.88 bits per heavy atom. The Kier molecular flexibility index (Phi) is 2.05. The quantitative estimate of drug-likeness (QED) is 0.814. The third-order valence-corrected chi connectivity index (χ3v) is 3.71. The molecule has 17 heavy (non-hydrogen) atoms.